The molecule has 0 aromatic heterocycles. The van der Waals surface area contributed by atoms with E-state index in [2.05, 4.69) is 58.7 Å². The molecule has 30 heavy (non-hydrogen) atoms. The van der Waals surface area contributed by atoms with E-state index < -0.39 is 0 Å². The van der Waals surface area contributed by atoms with Crippen molar-refractivity contribution in [2.75, 3.05) is 11.4 Å². The molecule has 0 unspecified atom stereocenters. The van der Waals surface area contributed by atoms with Gasteiger partial charge in [-0.25, -0.2) is 0 Å². The van der Waals surface area contributed by atoms with E-state index in [1.165, 1.54) is 33.6 Å². The molecule has 0 saturated carbocycles. The number of anilines is 2. The summed E-state index contributed by atoms with van der Waals surface area (Å²) in [5, 5.41) is 3.72. The van der Waals surface area contributed by atoms with Crippen molar-refractivity contribution in [2.24, 2.45) is 5.73 Å². The van der Waals surface area contributed by atoms with Crippen molar-refractivity contribution < 1.29 is 4.79 Å². The van der Waals surface area contributed by atoms with Gasteiger partial charge in [-0.3, -0.25) is 4.79 Å². The first-order chi connectivity index (χ1) is 14.7. The van der Waals surface area contributed by atoms with Crippen LogP contribution in [0.1, 0.15) is 39.0 Å². The second kappa shape index (κ2) is 7.96. The molecule has 3 N–H and O–H groups in total. The van der Waals surface area contributed by atoms with Gasteiger partial charge in [0.1, 0.15) is 0 Å². The predicted molar refractivity (Wildman–Crippen MR) is 121 cm³/mol. The molecule has 1 aliphatic carbocycles. The maximum absolute atomic E-state index is 11.5. The third-order valence-electron chi connectivity index (χ3n) is 6.38. The molecule has 0 atom stereocenters. The van der Waals surface area contributed by atoms with E-state index in [1.54, 1.807) is 0 Å². The number of fused-ring (bicyclic) bond motifs is 2. The monoisotopic (exact) mass is 397 g/mol. The van der Waals surface area contributed by atoms with Crippen molar-refractivity contribution in [2.45, 2.75) is 38.3 Å². The topological polar surface area (TPSA) is 58.4 Å². The number of nitrogens with one attached hydrogen (secondary N) is 1. The van der Waals surface area contributed by atoms with Crippen LogP contribution in [0.25, 0.3) is 0 Å². The van der Waals surface area contributed by atoms with Crippen molar-refractivity contribution in [3.63, 3.8) is 0 Å². The van der Waals surface area contributed by atoms with Crippen molar-refractivity contribution in [3.8, 4) is 0 Å². The molecule has 1 amide bonds. The largest absolute Gasteiger partial charge is 0.366 e. The van der Waals surface area contributed by atoms with E-state index in [1.807, 2.05) is 18.2 Å². The lowest BCUT2D eigenvalue weighted by Crippen LogP contribution is -2.29. The number of aryl methyl sites for hydroxylation is 1. The maximum atomic E-state index is 11.5. The number of rotatable bonds is 5. The molecular weight excluding hydrogens is 370 g/mol. The number of benzene rings is 3. The van der Waals surface area contributed by atoms with E-state index >= 15 is 0 Å². The van der Waals surface area contributed by atoms with E-state index in [4.69, 9.17) is 5.73 Å². The first-order valence-electron chi connectivity index (χ1n) is 10.8. The van der Waals surface area contributed by atoms with Crippen LogP contribution in [0.2, 0.25) is 0 Å². The smallest absolute Gasteiger partial charge is 0.248 e. The average molecular weight is 398 g/mol. The third-order valence-corrected chi connectivity index (χ3v) is 6.38. The van der Waals surface area contributed by atoms with Crippen molar-refractivity contribution >= 4 is 17.3 Å². The summed E-state index contributed by atoms with van der Waals surface area (Å²) in [6, 6.07) is 23.9. The number of nitrogens with zero attached hydrogens (tertiary/aromatic N) is 1. The standard InChI is InChI=1S/C26H27N3O/c27-26(30)22-9-12-25-21(14-22)6-3-13-29(25)24-10-7-18(8-11-24)17-28-23-15-19-4-1-2-5-20(19)16-23/h1-2,4-5,7-12,14,23,28H,3,6,13,15-17H2,(H2,27,30). The van der Waals surface area contributed by atoms with Crippen LogP contribution < -0.4 is 16.0 Å². The van der Waals surface area contributed by atoms with Gasteiger partial charge in [0.15, 0.2) is 0 Å². The fraction of sp³-hybridized carbons (Fsp3) is 0.269. The summed E-state index contributed by atoms with van der Waals surface area (Å²) in [4.78, 5) is 13.8. The Balaban J connectivity index is 1.26. The normalized spacial score (nSPS) is 15.7. The van der Waals surface area contributed by atoms with Crippen LogP contribution in [-0.2, 0) is 25.8 Å². The number of nitrogens with two attached hydrogens (primary N) is 1. The molecule has 1 aliphatic heterocycles. The number of hydrogen-bond acceptors (Lipinski definition) is 3. The highest BCUT2D eigenvalue weighted by Crippen LogP contribution is 2.34. The molecule has 0 spiro atoms. The minimum atomic E-state index is -0.364. The predicted octanol–water partition coefficient (Wildman–Crippen LogP) is 4.13. The fourth-order valence-corrected chi connectivity index (χ4v) is 4.78. The van der Waals surface area contributed by atoms with Crippen LogP contribution >= 0.6 is 0 Å². The quantitative estimate of drug-likeness (QED) is 0.681. The summed E-state index contributed by atoms with van der Waals surface area (Å²) in [5.41, 5.74) is 13.9. The second-order valence-electron chi connectivity index (χ2n) is 8.38. The van der Waals surface area contributed by atoms with Crippen molar-refractivity contribution in [1.82, 2.24) is 5.32 Å². The van der Waals surface area contributed by atoms with E-state index in [0.29, 0.717) is 11.6 Å². The molecule has 1 heterocycles. The zero-order chi connectivity index (χ0) is 20.5. The van der Waals surface area contributed by atoms with Crippen LogP contribution in [-0.4, -0.2) is 18.5 Å². The molecule has 5 rings (SSSR count). The van der Waals surface area contributed by atoms with Gasteiger partial charge in [0.25, 0.3) is 0 Å². The van der Waals surface area contributed by atoms with Crippen LogP contribution in [0.15, 0.2) is 66.7 Å². The van der Waals surface area contributed by atoms with E-state index in [9.17, 15) is 4.79 Å². The van der Waals surface area contributed by atoms with E-state index in [0.717, 1.165) is 38.8 Å². The van der Waals surface area contributed by atoms with Crippen molar-refractivity contribution in [3.05, 3.63) is 94.5 Å². The minimum absolute atomic E-state index is 0.364. The zero-order valence-corrected chi connectivity index (χ0v) is 17.1. The van der Waals surface area contributed by atoms with Gasteiger partial charge in [-0.15, -0.1) is 0 Å². The lowest BCUT2D eigenvalue weighted by Gasteiger charge is -2.31. The van der Waals surface area contributed by atoms with Crippen molar-refractivity contribution in [1.29, 1.82) is 0 Å². The number of amides is 1. The Morgan fingerprint density at radius 1 is 0.967 bits per heavy atom. The van der Waals surface area contributed by atoms with Gasteiger partial charge >= 0.3 is 0 Å². The first-order valence-corrected chi connectivity index (χ1v) is 10.8. The van der Waals surface area contributed by atoms with Gasteiger partial charge in [-0.1, -0.05) is 36.4 Å². The van der Waals surface area contributed by atoms with Gasteiger partial charge < -0.3 is 16.0 Å². The summed E-state index contributed by atoms with van der Waals surface area (Å²) >= 11 is 0. The first kappa shape index (κ1) is 18.9. The van der Waals surface area contributed by atoms with Gasteiger partial charge in [0.2, 0.25) is 5.91 Å². The highest BCUT2D eigenvalue weighted by atomic mass is 16.1. The Bertz CT molecular complexity index is 1050. The Kier molecular flexibility index (Phi) is 5.01. The number of hydrogen-bond donors (Lipinski definition) is 2. The summed E-state index contributed by atoms with van der Waals surface area (Å²) in [5.74, 6) is -0.364. The molecule has 3 aromatic rings. The second-order valence-corrected chi connectivity index (χ2v) is 8.38. The lowest BCUT2D eigenvalue weighted by molar-refractivity contribution is 0.1000. The summed E-state index contributed by atoms with van der Waals surface area (Å²) in [6.07, 6.45) is 4.29. The van der Waals surface area contributed by atoms with Gasteiger partial charge in [-0.05, 0) is 78.3 Å². The summed E-state index contributed by atoms with van der Waals surface area (Å²) < 4.78 is 0. The lowest BCUT2D eigenvalue weighted by atomic mass is 9.98. The Hall–Kier alpha value is -3.11. The minimum Gasteiger partial charge on any atom is -0.366 e. The molecule has 0 fully saturated rings. The Morgan fingerprint density at radius 3 is 2.40 bits per heavy atom. The molecule has 0 saturated heterocycles. The number of primary amides is 1. The SMILES string of the molecule is NC(=O)c1ccc2c(c1)CCCN2c1ccc(CNC2Cc3ccccc3C2)cc1. The highest BCUT2D eigenvalue weighted by molar-refractivity contribution is 5.93. The van der Waals surface area contributed by atoms with E-state index in [-0.39, 0.29) is 5.91 Å². The highest BCUT2D eigenvalue weighted by Gasteiger charge is 2.21. The maximum Gasteiger partial charge on any atom is 0.248 e. The van der Waals surface area contributed by atoms with Gasteiger partial charge in [-0.2, -0.15) is 0 Å². The van der Waals surface area contributed by atoms with Gasteiger partial charge in [0.05, 0.1) is 0 Å². The van der Waals surface area contributed by atoms with Crippen LogP contribution in [0, 0.1) is 0 Å². The molecular formula is C26H27N3O. The molecule has 2 aliphatic rings. The zero-order valence-electron chi connectivity index (χ0n) is 17.1. The molecule has 3 aromatic carbocycles. The van der Waals surface area contributed by atoms with Gasteiger partial charge in [0, 0.05) is 36.1 Å². The Labute approximate surface area is 177 Å². The van der Waals surface area contributed by atoms with Crippen LogP contribution in [0.3, 0.4) is 0 Å². The molecule has 152 valence electrons. The summed E-state index contributed by atoms with van der Waals surface area (Å²) in [7, 11) is 0. The third kappa shape index (κ3) is 3.71. The molecule has 4 heteroatoms. The number of carbonyl (C=O) groups excluding carboxylic acids is 1. The van der Waals surface area contributed by atoms with Crippen LogP contribution in [0.4, 0.5) is 11.4 Å². The molecule has 0 bridgehead atoms. The average Bonchev–Trinajstić information content (AvgIpc) is 3.20. The van der Waals surface area contributed by atoms with Crippen LogP contribution in [0.5, 0.6) is 0 Å². The summed E-state index contributed by atoms with van der Waals surface area (Å²) in [6.45, 7) is 1.87. The molecule has 0 radical (unpaired) electrons. The fourth-order valence-electron chi connectivity index (χ4n) is 4.78. The molecule has 4 nitrogen and oxygen atoms in total. The Morgan fingerprint density at radius 2 is 1.70 bits per heavy atom. The number of carbonyl (C=O) groups is 1.